The molecule has 0 N–H and O–H groups in total. The van der Waals surface area contributed by atoms with Gasteiger partial charge in [-0.05, 0) is 38.0 Å². The molecule has 1 aromatic carbocycles. The van der Waals surface area contributed by atoms with E-state index in [0.29, 0.717) is 10.8 Å². The minimum atomic E-state index is -3.73. The molecule has 0 unspecified atom stereocenters. The van der Waals surface area contributed by atoms with E-state index in [1.807, 2.05) is 0 Å². The number of hydrogen-bond acceptors (Lipinski definition) is 4. The summed E-state index contributed by atoms with van der Waals surface area (Å²) in [6.07, 6.45) is 6.35. The van der Waals surface area contributed by atoms with E-state index >= 15 is 0 Å². The third kappa shape index (κ3) is 4.62. The number of rotatable bonds is 6. The molecular formula is C18H27ClN2O4S. The third-order valence-electron chi connectivity index (χ3n) is 4.91. The van der Waals surface area contributed by atoms with Crippen LogP contribution in [0.2, 0.25) is 5.02 Å². The number of benzene rings is 1. The van der Waals surface area contributed by atoms with E-state index in [2.05, 4.69) is 0 Å². The number of anilines is 1. The minimum Gasteiger partial charge on any atom is -0.495 e. The fourth-order valence-corrected chi connectivity index (χ4v) is 4.88. The number of carbonyl (C=O) groups excluding carboxylic acids is 1. The van der Waals surface area contributed by atoms with Crippen molar-refractivity contribution in [1.29, 1.82) is 0 Å². The van der Waals surface area contributed by atoms with Gasteiger partial charge >= 0.3 is 0 Å². The van der Waals surface area contributed by atoms with Gasteiger partial charge < -0.3 is 9.64 Å². The van der Waals surface area contributed by atoms with Crippen molar-refractivity contribution in [3.05, 3.63) is 23.2 Å². The lowest BCUT2D eigenvalue weighted by Crippen LogP contribution is -2.51. The van der Waals surface area contributed by atoms with Crippen LogP contribution < -0.4 is 9.04 Å². The normalized spacial score (nSPS) is 16.8. The van der Waals surface area contributed by atoms with E-state index < -0.39 is 16.1 Å². The molecule has 1 aliphatic rings. The summed E-state index contributed by atoms with van der Waals surface area (Å²) in [6, 6.07) is 3.97. The van der Waals surface area contributed by atoms with Gasteiger partial charge in [0.2, 0.25) is 15.9 Å². The first-order valence-electron chi connectivity index (χ1n) is 8.76. The van der Waals surface area contributed by atoms with E-state index in [4.69, 9.17) is 16.3 Å². The van der Waals surface area contributed by atoms with Crippen molar-refractivity contribution in [2.24, 2.45) is 0 Å². The Labute approximate surface area is 161 Å². The molecule has 0 radical (unpaired) electrons. The van der Waals surface area contributed by atoms with Crippen molar-refractivity contribution in [2.45, 2.75) is 51.1 Å². The van der Waals surface area contributed by atoms with Crippen molar-refractivity contribution < 1.29 is 17.9 Å². The SMILES string of the molecule is COc1ccc(Cl)cc1N([C@@H](C)C(=O)N(C)C1CCCCC1)S(C)(=O)=O. The van der Waals surface area contributed by atoms with Gasteiger partial charge in [0.25, 0.3) is 0 Å². The molecule has 26 heavy (non-hydrogen) atoms. The number of ether oxygens (including phenoxy) is 1. The molecule has 6 nitrogen and oxygen atoms in total. The Balaban J connectivity index is 2.38. The lowest BCUT2D eigenvalue weighted by atomic mass is 9.94. The zero-order chi connectivity index (χ0) is 19.5. The summed E-state index contributed by atoms with van der Waals surface area (Å²) in [7, 11) is -0.522. The van der Waals surface area contributed by atoms with Crippen molar-refractivity contribution in [3.8, 4) is 5.75 Å². The quantitative estimate of drug-likeness (QED) is 0.732. The molecule has 1 fully saturated rings. The summed E-state index contributed by atoms with van der Waals surface area (Å²) < 4.78 is 31.4. The van der Waals surface area contributed by atoms with E-state index in [1.165, 1.54) is 19.6 Å². The maximum Gasteiger partial charge on any atom is 0.246 e. The van der Waals surface area contributed by atoms with Gasteiger partial charge in [0, 0.05) is 18.1 Å². The van der Waals surface area contributed by atoms with Crippen LogP contribution in [0.3, 0.4) is 0 Å². The number of sulfonamides is 1. The molecule has 8 heteroatoms. The highest BCUT2D eigenvalue weighted by Gasteiger charge is 2.35. The Bertz CT molecular complexity index is 748. The van der Waals surface area contributed by atoms with E-state index in [0.717, 1.165) is 36.2 Å². The third-order valence-corrected chi connectivity index (χ3v) is 6.38. The average Bonchev–Trinajstić information content (AvgIpc) is 2.60. The highest BCUT2D eigenvalue weighted by molar-refractivity contribution is 7.92. The number of likely N-dealkylation sites (N-methyl/N-ethyl adjacent to an activating group) is 1. The molecule has 1 atom stereocenters. The molecule has 1 aliphatic carbocycles. The van der Waals surface area contributed by atoms with Gasteiger partial charge in [-0.25, -0.2) is 8.42 Å². The summed E-state index contributed by atoms with van der Waals surface area (Å²) in [4.78, 5) is 14.7. The highest BCUT2D eigenvalue weighted by Crippen LogP contribution is 2.34. The molecule has 0 bridgehead atoms. The predicted molar refractivity (Wildman–Crippen MR) is 104 cm³/mol. The van der Waals surface area contributed by atoms with E-state index in [1.54, 1.807) is 31.0 Å². The van der Waals surface area contributed by atoms with Crippen LogP contribution in [-0.4, -0.2) is 51.7 Å². The highest BCUT2D eigenvalue weighted by atomic mass is 35.5. The minimum absolute atomic E-state index is 0.154. The first kappa shape index (κ1) is 20.8. The van der Waals surface area contributed by atoms with Gasteiger partial charge in [0.1, 0.15) is 11.8 Å². The Morgan fingerprint density at radius 1 is 1.27 bits per heavy atom. The Morgan fingerprint density at radius 3 is 2.42 bits per heavy atom. The van der Waals surface area contributed by atoms with Crippen molar-refractivity contribution in [3.63, 3.8) is 0 Å². The van der Waals surface area contributed by atoms with Crippen molar-refractivity contribution in [2.75, 3.05) is 24.7 Å². The summed E-state index contributed by atoms with van der Waals surface area (Å²) in [6.45, 7) is 1.60. The number of carbonyl (C=O) groups is 1. The predicted octanol–water partition coefficient (Wildman–Crippen LogP) is 3.29. The Kier molecular flexibility index (Phi) is 6.80. The molecule has 146 valence electrons. The number of methoxy groups -OCH3 is 1. The second-order valence-corrected chi connectivity index (χ2v) is 9.09. The summed E-state index contributed by atoms with van der Waals surface area (Å²) in [5, 5.41) is 0.370. The van der Waals surface area contributed by atoms with E-state index in [-0.39, 0.29) is 17.6 Å². The van der Waals surface area contributed by atoms with Gasteiger partial charge in [0.15, 0.2) is 0 Å². The van der Waals surface area contributed by atoms with Crippen molar-refractivity contribution >= 4 is 33.2 Å². The van der Waals surface area contributed by atoms with Gasteiger partial charge in [-0.3, -0.25) is 9.10 Å². The fraction of sp³-hybridized carbons (Fsp3) is 0.611. The van der Waals surface area contributed by atoms with Crippen LogP contribution in [0.25, 0.3) is 0 Å². The molecular weight excluding hydrogens is 376 g/mol. The van der Waals surface area contributed by atoms with E-state index in [9.17, 15) is 13.2 Å². The maximum atomic E-state index is 13.0. The second kappa shape index (κ2) is 8.48. The molecule has 0 saturated heterocycles. The number of halogens is 1. The summed E-state index contributed by atoms with van der Waals surface area (Å²) >= 11 is 6.06. The van der Waals surface area contributed by atoms with Crippen LogP contribution in [0.5, 0.6) is 5.75 Å². The average molecular weight is 403 g/mol. The molecule has 1 aromatic rings. The molecule has 1 saturated carbocycles. The maximum absolute atomic E-state index is 13.0. The van der Waals surface area contributed by atoms with Gasteiger partial charge in [-0.15, -0.1) is 0 Å². The zero-order valence-corrected chi connectivity index (χ0v) is 17.3. The monoisotopic (exact) mass is 402 g/mol. The van der Waals surface area contributed by atoms with Gasteiger partial charge in [-0.1, -0.05) is 30.9 Å². The van der Waals surface area contributed by atoms with Crippen molar-refractivity contribution in [1.82, 2.24) is 4.90 Å². The van der Waals surface area contributed by atoms with Gasteiger partial charge in [-0.2, -0.15) is 0 Å². The molecule has 0 aromatic heterocycles. The number of hydrogen-bond donors (Lipinski definition) is 0. The molecule has 1 amide bonds. The van der Waals surface area contributed by atoms with Crippen LogP contribution in [0, 0.1) is 0 Å². The summed E-state index contributed by atoms with van der Waals surface area (Å²) in [5.74, 6) is 0.115. The van der Waals surface area contributed by atoms with Crippen LogP contribution in [0.1, 0.15) is 39.0 Å². The number of amides is 1. The largest absolute Gasteiger partial charge is 0.495 e. The first-order chi connectivity index (χ1) is 12.2. The lowest BCUT2D eigenvalue weighted by Gasteiger charge is -2.36. The second-order valence-electron chi connectivity index (χ2n) is 6.79. The van der Waals surface area contributed by atoms with Crippen LogP contribution in [-0.2, 0) is 14.8 Å². The molecule has 0 aliphatic heterocycles. The van der Waals surface area contributed by atoms with Crippen LogP contribution in [0.15, 0.2) is 18.2 Å². The standard InChI is InChI=1S/C18H27ClN2O4S/c1-13(18(22)20(2)15-8-6-5-7-9-15)21(26(4,23)24)16-12-14(19)10-11-17(16)25-3/h10-13,15H,5-9H2,1-4H3/t13-/m0/s1. The number of nitrogens with zero attached hydrogens (tertiary/aromatic N) is 2. The Hall–Kier alpha value is -1.47. The smallest absolute Gasteiger partial charge is 0.246 e. The fourth-order valence-electron chi connectivity index (χ4n) is 3.55. The summed E-state index contributed by atoms with van der Waals surface area (Å²) in [5.41, 5.74) is 0.264. The molecule has 0 heterocycles. The van der Waals surface area contributed by atoms with Crippen LogP contribution >= 0.6 is 11.6 Å². The molecule has 0 spiro atoms. The molecule has 2 rings (SSSR count). The zero-order valence-electron chi connectivity index (χ0n) is 15.7. The van der Waals surface area contributed by atoms with Gasteiger partial charge in [0.05, 0.1) is 19.1 Å². The lowest BCUT2D eigenvalue weighted by molar-refractivity contribution is -0.133. The first-order valence-corrected chi connectivity index (χ1v) is 11.0. The van der Waals surface area contributed by atoms with Crippen LogP contribution in [0.4, 0.5) is 5.69 Å². The topological polar surface area (TPSA) is 66.9 Å². The Morgan fingerprint density at radius 2 is 1.88 bits per heavy atom.